The van der Waals surface area contributed by atoms with Crippen LogP contribution in [-0.4, -0.2) is 18.1 Å². The van der Waals surface area contributed by atoms with Gasteiger partial charge >= 0.3 is 5.97 Å². The smallest absolute Gasteiger partial charge is 0.360 e. The summed E-state index contributed by atoms with van der Waals surface area (Å²) < 4.78 is 22.9. The van der Waals surface area contributed by atoms with E-state index in [2.05, 4.69) is 9.72 Å². The molecule has 2 aromatic rings. The molecule has 0 bridgehead atoms. The van der Waals surface area contributed by atoms with Crippen LogP contribution < -0.4 is 0 Å². The predicted octanol–water partition coefficient (Wildman–Crippen LogP) is 2.14. The number of oxazole rings is 1. The minimum atomic E-state index is -0.673. The van der Waals surface area contributed by atoms with E-state index in [1.807, 2.05) is 0 Å². The highest BCUT2D eigenvalue weighted by Crippen LogP contribution is 2.21. The van der Waals surface area contributed by atoms with E-state index in [0.717, 1.165) is 12.3 Å². The molecule has 5 nitrogen and oxygen atoms in total. The van der Waals surface area contributed by atoms with Gasteiger partial charge in [-0.3, -0.25) is 0 Å². The van der Waals surface area contributed by atoms with Crippen LogP contribution in [0.15, 0.2) is 28.9 Å². The summed E-state index contributed by atoms with van der Waals surface area (Å²) in [5, 5.41) is 8.60. The van der Waals surface area contributed by atoms with Crippen molar-refractivity contribution >= 4 is 5.97 Å². The molecule has 0 amide bonds. The molecule has 0 spiro atoms. The third-order valence-corrected chi connectivity index (χ3v) is 2.24. The van der Waals surface area contributed by atoms with Crippen LogP contribution in [-0.2, 0) is 4.74 Å². The molecule has 0 fully saturated rings. The molecule has 0 N–H and O–H groups in total. The van der Waals surface area contributed by atoms with Gasteiger partial charge in [-0.1, -0.05) is 0 Å². The molecule has 2 rings (SSSR count). The second kappa shape index (κ2) is 4.67. The van der Waals surface area contributed by atoms with E-state index >= 15 is 0 Å². The maximum absolute atomic E-state index is 13.4. The zero-order chi connectivity index (χ0) is 13.1. The average Bonchev–Trinajstić information content (AvgIpc) is 2.87. The first kappa shape index (κ1) is 11.8. The molecule has 0 unspecified atom stereocenters. The minimum absolute atomic E-state index is 0.00253. The summed E-state index contributed by atoms with van der Waals surface area (Å²) in [6.45, 7) is 0. The molecule has 0 radical (unpaired) electrons. The molecule has 0 saturated carbocycles. The zero-order valence-corrected chi connectivity index (χ0v) is 9.31. The SMILES string of the molecule is COC(=O)c1coc(-c2ccc(C#N)c(F)c2)n1. The van der Waals surface area contributed by atoms with Gasteiger partial charge in [0.25, 0.3) is 0 Å². The number of halogens is 1. The van der Waals surface area contributed by atoms with E-state index in [0.29, 0.717) is 5.56 Å². The summed E-state index contributed by atoms with van der Waals surface area (Å²) >= 11 is 0. The lowest BCUT2D eigenvalue weighted by Crippen LogP contribution is -2.00. The topological polar surface area (TPSA) is 76.1 Å². The minimum Gasteiger partial charge on any atom is -0.464 e. The third-order valence-electron chi connectivity index (χ3n) is 2.24. The van der Waals surface area contributed by atoms with Gasteiger partial charge in [0.2, 0.25) is 5.89 Å². The number of esters is 1. The number of hydrogen-bond donors (Lipinski definition) is 0. The van der Waals surface area contributed by atoms with Gasteiger partial charge in [-0.15, -0.1) is 0 Å². The zero-order valence-electron chi connectivity index (χ0n) is 9.31. The van der Waals surface area contributed by atoms with E-state index in [9.17, 15) is 9.18 Å². The number of aromatic nitrogens is 1. The number of nitriles is 1. The van der Waals surface area contributed by atoms with Crippen molar-refractivity contribution in [1.82, 2.24) is 4.98 Å². The lowest BCUT2D eigenvalue weighted by atomic mass is 10.1. The van der Waals surface area contributed by atoms with Crippen molar-refractivity contribution in [3.63, 3.8) is 0 Å². The van der Waals surface area contributed by atoms with Crippen LogP contribution in [0.4, 0.5) is 4.39 Å². The van der Waals surface area contributed by atoms with Crippen LogP contribution in [0.3, 0.4) is 0 Å². The number of hydrogen-bond acceptors (Lipinski definition) is 5. The number of benzene rings is 1. The Hall–Kier alpha value is -2.68. The number of carbonyl (C=O) groups excluding carboxylic acids is 1. The summed E-state index contributed by atoms with van der Waals surface area (Å²) in [5.74, 6) is -1.23. The van der Waals surface area contributed by atoms with Gasteiger partial charge in [-0.2, -0.15) is 5.26 Å². The van der Waals surface area contributed by atoms with Gasteiger partial charge in [0.05, 0.1) is 12.7 Å². The van der Waals surface area contributed by atoms with E-state index in [4.69, 9.17) is 9.68 Å². The second-order valence-corrected chi connectivity index (χ2v) is 3.34. The van der Waals surface area contributed by atoms with Gasteiger partial charge in [-0.05, 0) is 18.2 Å². The van der Waals surface area contributed by atoms with Crippen molar-refractivity contribution in [2.45, 2.75) is 0 Å². The van der Waals surface area contributed by atoms with Crippen molar-refractivity contribution in [3.8, 4) is 17.5 Å². The number of carbonyl (C=O) groups is 1. The molecule has 90 valence electrons. The number of rotatable bonds is 2. The molecule has 0 aliphatic carbocycles. The van der Waals surface area contributed by atoms with E-state index in [1.54, 1.807) is 6.07 Å². The molecular weight excluding hydrogens is 239 g/mol. The Balaban J connectivity index is 2.38. The van der Waals surface area contributed by atoms with Gasteiger partial charge in [0, 0.05) is 5.56 Å². The van der Waals surface area contributed by atoms with Crippen molar-refractivity contribution in [2.24, 2.45) is 0 Å². The number of nitrogens with zero attached hydrogens (tertiary/aromatic N) is 2. The van der Waals surface area contributed by atoms with Crippen molar-refractivity contribution in [1.29, 1.82) is 5.26 Å². The highest BCUT2D eigenvalue weighted by molar-refractivity contribution is 5.87. The molecule has 0 aliphatic heterocycles. The van der Waals surface area contributed by atoms with E-state index < -0.39 is 11.8 Å². The van der Waals surface area contributed by atoms with Crippen LogP contribution >= 0.6 is 0 Å². The highest BCUT2D eigenvalue weighted by atomic mass is 19.1. The Morgan fingerprint density at radius 2 is 2.33 bits per heavy atom. The Kier molecular flexibility index (Phi) is 3.06. The Morgan fingerprint density at radius 1 is 1.56 bits per heavy atom. The largest absolute Gasteiger partial charge is 0.464 e. The molecule has 6 heteroatoms. The third kappa shape index (κ3) is 2.06. The quantitative estimate of drug-likeness (QED) is 0.758. The van der Waals surface area contributed by atoms with Crippen LogP contribution in [0, 0.1) is 17.1 Å². The van der Waals surface area contributed by atoms with Crippen molar-refractivity contribution in [3.05, 3.63) is 41.5 Å². The van der Waals surface area contributed by atoms with Crippen molar-refractivity contribution < 1.29 is 18.3 Å². The fraction of sp³-hybridized carbons (Fsp3) is 0.0833. The number of ether oxygens (including phenoxy) is 1. The maximum atomic E-state index is 13.4. The molecule has 1 heterocycles. The summed E-state index contributed by atoms with van der Waals surface area (Å²) in [7, 11) is 1.22. The molecule has 1 aromatic heterocycles. The van der Waals surface area contributed by atoms with Gasteiger partial charge < -0.3 is 9.15 Å². The van der Waals surface area contributed by atoms with E-state index in [1.165, 1.54) is 19.2 Å². The maximum Gasteiger partial charge on any atom is 0.360 e. The lowest BCUT2D eigenvalue weighted by molar-refractivity contribution is 0.0594. The summed E-state index contributed by atoms with van der Waals surface area (Å²) in [6.07, 6.45) is 1.12. The van der Waals surface area contributed by atoms with Crippen LogP contribution in [0.2, 0.25) is 0 Å². The molecule has 1 aromatic carbocycles. The second-order valence-electron chi connectivity index (χ2n) is 3.34. The highest BCUT2D eigenvalue weighted by Gasteiger charge is 2.14. The molecule has 0 saturated heterocycles. The Labute approximate surface area is 101 Å². The monoisotopic (exact) mass is 246 g/mol. The Bertz CT molecular complexity index is 643. The summed E-state index contributed by atoms with van der Waals surface area (Å²) in [5.41, 5.74) is 0.261. The van der Waals surface area contributed by atoms with Gasteiger partial charge in [0.1, 0.15) is 18.1 Å². The number of methoxy groups -OCH3 is 1. The average molecular weight is 246 g/mol. The molecular formula is C12H7FN2O3. The van der Waals surface area contributed by atoms with Crippen molar-refractivity contribution in [2.75, 3.05) is 7.11 Å². The van der Waals surface area contributed by atoms with Gasteiger partial charge in [0.15, 0.2) is 5.69 Å². The molecule has 0 aliphatic rings. The standard InChI is InChI=1S/C12H7FN2O3/c1-17-12(16)10-6-18-11(15-10)7-2-3-8(5-14)9(13)4-7/h2-4,6H,1H3. The normalized spacial score (nSPS) is 9.83. The molecule has 0 atom stereocenters. The summed E-state index contributed by atoms with van der Waals surface area (Å²) in [6, 6.07) is 5.62. The first-order valence-corrected chi connectivity index (χ1v) is 4.89. The van der Waals surface area contributed by atoms with Crippen LogP contribution in [0.5, 0.6) is 0 Å². The fourth-order valence-corrected chi connectivity index (χ4v) is 1.34. The first-order valence-electron chi connectivity index (χ1n) is 4.89. The van der Waals surface area contributed by atoms with Gasteiger partial charge in [-0.25, -0.2) is 14.2 Å². The first-order chi connectivity index (χ1) is 8.65. The summed E-state index contributed by atoms with van der Waals surface area (Å²) in [4.78, 5) is 15.0. The predicted molar refractivity (Wildman–Crippen MR) is 58.0 cm³/mol. The molecule has 18 heavy (non-hydrogen) atoms. The van der Waals surface area contributed by atoms with E-state index in [-0.39, 0.29) is 17.1 Å². The van der Waals surface area contributed by atoms with Crippen LogP contribution in [0.1, 0.15) is 16.1 Å². The lowest BCUT2D eigenvalue weighted by Gasteiger charge is -1.97. The van der Waals surface area contributed by atoms with Crippen LogP contribution in [0.25, 0.3) is 11.5 Å². The Morgan fingerprint density at radius 3 is 2.94 bits per heavy atom. The fourth-order valence-electron chi connectivity index (χ4n) is 1.34.